The number of nitrogens with one attached hydrogen (secondary N) is 1. The van der Waals surface area contributed by atoms with Gasteiger partial charge in [0, 0.05) is 6.04 Å². The number of aliphatic imine (C=N–C) groups is 1. The maximum atomic E-state index is 13.3. The number of carbonyl (C=O) groups is 2. The molecule has 0 aromatic heterocycles. The van der Waals surface area contributed by atoms with Crippen molar-refractivity contribution < 1.29 is 22.8 Å². The number of urea groups is 1. The molecule has 1 aliphatic heterocycles. The molecule has 3 amide bonds. The first-order chi connectivity index (χ1) is 11.1. The molecular formula is C15H16F3N3O2S. The summed E-state index contributed by atoms with van der Waals surface area (Å²) in [5.41, 5.74) is -0.691. The predicted octanol–water partition coefficient (Wildman–Crippen LogP) is 3.57. The van der Waals surface area contributed by atoms with Crippen molar-refractivity contribution in [3.63, 3.8) is 0 Å². The first kappa shape index (κ1) is 18.3. The summed E-state index contributed by atoms with van der Waals surface area (Å²) >= 11 is 0.932. The van der Waals surface area contributed by atoms with Crippen LogP contribution in [0.1, 0.15) is 25.0 Å². The minimum absolute atomic E-state index is 0.0609. The number of nitrogens with zero attached hydrogens (tertiary/aromatic N) is 2. The molecule has 0 bridgehead atoms. The monoisotopic (exact) mass is 359 g/mol. The van der Waals surface area contributed by atoms with Gasteiger partial charge in [-0.1, -0.05) is 17.8 Å². The highest BCUT2D eigenvalue weighted by molar-refractivity contribution is 8.15. The highest BCUT2D eigenvalue weighted by atomic mass is 32.2. The van der Waals surface area contributed by atoms with Crippen LogP contribution in [-0.2, 0) is 11.0 Å². The molecule has 0 unspecified atom stereocenters. The van der Waals surface area contributed by atoms with Gasteiger partial charge in [-0.25, -0.2) is 4.79 Å². The summed E-state index contributed by atoms with van der Waals surface area (Å²) in [5.74, 6) is -0.619. The summed E-state index contributed by atoms with van der Waals surface area (Å²) in [4.78, 5) is 28.5. The zero-order valence-electron chi connectivity index (χ0n) is 13.3. The molecule has 0 spiro atoms. The van der Waals surface area contributed by atoms with Crippen molar-refractivity contribution >= 4 is 34.6 Å². The van der Waals surface area contributed by atoms with Crippen molar-refractivity contribution in [1.29, 1.82) is 0 Å². The maximum absolute atomic E-state index is 13.3. The first-order valence-corrected chi connectivity index (χ1v) is 8.11. The lowest BCUT2D eigenvalue weighted by Crippen LogP contribution is -2.34. The van der Waals surface area contributed by atoms with Crippen molar-refractivity contribution in [2.75, 3.05) is 10.7 Å². The normalized spacial score (nSPS) is 17.0. The van der Waals surface area contributed by atoms with Gasteiger partial charge in [-0.05, 0) is 38.5 Å². The van der Waals surface area contributed by atoms with Crippen molar-refractivity contribution in [3.05, 3.63) is 29.3 Å². The number of hydrogen-bond acceptors (Lipinski definition) is 3. The highest BCUT2D eigenvalue weighted by Crippen LogP contribution is 2.39. The quantitative estimate of drug-likeness (QED) is 0.878. The molecule has 2 rings (SSSR count). The number of anilines is 1. The molecule has 9 heteroatoms. The number of alkyl halides is 3. The van der Waals surface area contributed by atoms with E-state index in [4.69, 9.17) is 0 Å². The minimum atomic E-state index is -4.62. The van der Waals surface area contributed by atoms with Crippen LogP contribution in [0.2, 0.25) is 0 Å². The third-order valence-corrected chi connectivity index (χ3v) is 4.00. The van der Waals surface area contributed by atoms with Crippen LogP contribution in [-0.4, -0.2) is 28.9 Å². The third-order valence-electron chi connectivity index (χ3n) is 3.07. The van der Waals surface area contributed by atoms with Gasteiger partial charge in [-0.2, -0.15) is 18.2 Å². The minimum Gasteiger partial charge on any atom is -0.334 e. The Morgan fingerprint density at radius 1 is 1.38 bits per heavy atom. The topological polar surface area (TPSA) is 61.8 Å². The maximum Gasteiger partial charge on any atom is 0.418 e. The number of amidine groups is 1. The van der Waals surface area contributed by atoms with E-state index in [1.54, 1.807) is 20.8 Å². The van der Waals surface area contributed by atoms with Gasteiger partial charge in [0.1, 0.15) is 0 Å². The molecule has 1 fully saturated rings. The highest BCUT2D eigenvalue weighted by Gasteiger charge is 2.39. The van der Waals surface area contributed by atoms with Gasteiger partial charge in [-0.3, -0.25) is 9.69 Å². The van der Waals surface area contributed by atoms with Gasteiger partial charge < -0.3 is 5.32 Å². The summed E-state index contributed by atoms with van der Waals surface area (Å²) in [6, 6.07) is 2.63. The lowest BCUT2D eigenvalue weighted by molar-refractivity contribution is -0.137. The molecule has 1 aliphatic rings. The van der Waals surface area contributed by atoms with E-state index in [9.17, 15) is 22.8 Å². The molecule has 1 saturated heterocycles. The van der Waals surface area contributed by atoms with Crippen LogP contribution >= 0.6 is 11.8 Å². The molecule has 1 heterocycles. The average molecular weight is 359 g/mol. The predicted molar refractivity (Wildman–Crippen MR) is 87.2 cm³/mol. The number of rotatable bonds is 2. The zero-order valence-corrected chi connectivity index (χ0v) is 14.1. The van der Waals surface area contributed by atoms with Crippen LogP contribution in [0, 0.1) is 6.92 Å². The smallest absolute Gasteiger partial charge is 0.334 e. The fourth-order valence-electron chi connectivity index (χ4n) is 2.11. The van der Waals surface area contributed by atoms with Crippen molar-refractivity contribution in [2.24, 2.45) is 4.99 Å². The lowest BCUT2D eigenvalue weighted by atomic mass is 10.1. The Morgan fingerprint density at radius 3 is 2.62 bits per heavy atom. The Morgan fingerprint density at radius 2 is 2.04 bits per heavy atom. The first-order valence-electron chi connectivity index (χ1n) is 7.12. The van der Waals surface area contributed by atoms with E-state index in [-0.39, 0.29) is 22.6 Å². The second-order valence-electron chi connectivity index (χ2n) is 5.53. The molecule has 5 nitrogen and oxygen atoms in total. The van der Waals surface area contributed by atoms with E-state index in [1.807, 2.05) is 0 Å². The number of thioether (sulfide) groups is 1. The number of hydrogen-bond donors (Lipinski definition) is 1. The van der Waals surface area contributed by atoms with Gasteiger partial charge in [0.15, 0.2) is 5.17 Å². The summed E-state index contributed by atoms with van der Waals surface area (Å²) in [6.45, 7) is 5.08. The standard InChI is InChI=1S/C15H16F3N3O2S/c1-8(2)19-13(23)20-14-21(12(22)7-24-14)11-6-9(3)4-5-10(11)15(16,17)18/h4-6,8H,7H2,1-3H3,(H,19,23)/b20-14-. The molecule has 0 atom stereocenters. The Kier molecular flexibility index (Phi) is 5.22. The van der Waals surface area contributed by atoms with Gasteiger partial charge >= 0.3 is 12.2 Å². The van der Waals surface area contributed by atoms with E-state index in [1.165, 1.54) is 12.1 Å². The average Bonchev–Trinajstić information content (AvgIpc) is 2.77. The van der Waals surface area contributed by atoms with E-state index in [0.717, 1.165) is 22.7 Å². The Balaban J connectivity index is 2.49. The van der Waals surface area contributed by atoms with E-state index in [2.05, 4.69) is 10.3 Å². The van der Waals surface area contributed by atoms with Crippen molar-refractivity contribution in [1.82, 2.24) is 5.32 Å². The largest absolute Gasteiger partial charge is 0.418 e. The molecule has 130 valence electrons. The number of carbonyl (C=O) groups excluding carboxylic acids is 2. The zero-order chi connectivity index (χ0) is 18.1. The molecule has 0 aliphatic carbocycles. The summed E-state index contributed by atoms with van der Waals surface area (Å²) in [6.07, 6.45) is -4.62. The summed E-state index contributed by atoms with van der Waals surface area (Å²) < 4.78 is 39.8. The van der Waals surface area contributed by atoms with Crippen LogP contribution in [0.4, 0.5) is 23.7 Å². The Hall–Kier alpha value is -2.03. The Bertz CT molecular complexity index is 702. The number of amides is 3. The van der Waals surface area contributed by atoms with Gasteiger partial charge in [0.05, 0.1) is 17.0 Å². The van der Waals surface area contributed by atoms with Crippen LogP contribution in [0.5, 0.6) is 0 Å². The number of benzene rings is 1. The third kappa shape index (κ3) is 4.08. The SMILES string of the molecule is Cc1ccc(C(F)(F)F)c(N2C(=O)CS/C2=N\C(=O)NC(C)C)c1. The fourth-order valence-corrected chi connectivity index (χ4v) is 2.97. The van der Waals surface area contributed by atoms with Crippen LogP contribution in [0.25, 0.3) is 0 Å². The molecule has 0 radical (unpaired) electrons. The number of aryl methyl sites for hydroxylation is 1. The van der Waals surface area contributed by atoms with Gasteiger partial charge in [0.2, 0.25) is 5.91 Å². The number of halogens is 3. The van der Waals surface area contributed by atoms with Gasteiger partial charge in [-0.15, -0.1) is 0 Å². The van der Waals surface area contributed by atoms with E-state index in [0.29, 0.717) is 5.56 Å². The Labute approximate surface area is 141 Å². The molecule has 1 aromatic rings. The van der Waals surface area contributed by atoms with Gasteiger partial charge in [0.25, 0.3) is 0 Å². The second kappa shape index (κ2) is 6.84. The molecule has 0 saturated carbocycles. The van der Waals surface area contributed by atoms with E-state index < -0.39 is 23.7 Å². The molecule has 24 heavy (non-hydrogen) atoms. The lowest BCUT2D eigenvalue weighted by Gasteiger charge is -2.21. The second-order valence-corrected chi connectivity index (χ2v) is 6.48. The van der Waals surface area contributed by atoms with Crippen LogP contribution in [0.15, 0.2) is 23.2 Å². The molecule has 1 aromatic carbocycles. The van der Waals surface area contributed by atoms with Crippen molar-refractivity contribution in [3.8, 4) is 0 Å². The molecular weight excluding hydrogens is 343 g/mol. The fraction of sp³-hybridized carbons (Fsp3) is 0.400. The summed E-state index contributed by atoms with van der Waals surface area (Å²) in [5, 5.41) is 2.45. The molecule has 1 N–H and O–H groups in total. The van der Waals surface area contributed by atoms with Crippen LogP contribution in [0.3, 0.4) is 0 Å². The van der Waals surface area contributed by atoms with E-state index >= 15 is 0 Å². The van der Waals surface area contributed by atoms with Crippen molar-refractivity contribution in [2.45, 2.75) is 33.0 Å². The van der Waals surface area contributed by atoms with Crippen LogP contribution < -0.4 is 10.2 Å². The summed E-state index contributed by atoms with van der Waals surface area (Å²) in [7, 11) is 0.